The molecule has 272 valence electrons. The van der Waals surface area contributed by atoms with E-state index in [0.29, 0.717) is 6.61 Å². The molecule has 4 heteroatoms. The maximum absolute atomic E-state index is 7.28. The van der Waals surface area contributed by atoms with Gasteiger partial charge in [-0.2, -0.15) is 0 Å². The molecule has 0 saturated carbocycles. The summed E-state index contributed by atoms with van der Waals surface area (Å²) in [5.41, 5.74) is 2.65. The van der Waals surface area contributed by atoms with Crippen LogP contribution in [0.25, 0.3) is 0 Å². The molecule has 0 unspecified atom stereocenters. The zero-order valence-electron chi connectivity index (χ0n) is 31.9. The van der Waals surface area contributed by atoms with Crippen LogP contribution >= 0.6 is 0 Å². The minimum atomic E-state index is -2.53. The van der Waals surface area contributed by atoms with Crippen molar-refractivity contribution in [3.05, 3.63) is 181 Å². The number of unbranched alkanes of at least 4 members (excludes halogenated alkanes) is 1. The highest BCUT2D eigenvalue weighted by Gasteiger charge is 2.50. The van der Waals surface area contributed by atoms with Crippen molar-refractivity contribution >= 4 is 18.7 Å². The summed E-state index contributed by atoms with van der Waals surface area (Å²) in [7, 11) is -0.714. The van der Waals surface area contributed by atoms with E-state index in [2.05, 4.69) is 192 Å². The van der Waals surface area contributed by atoms with Gasteiger partial charge in [0.1, 0.15) is 5.60 Å². The predicted molar refractivity (Wildman–Crippen MR) is 221 cm³/mol. The molecule has 0 aromatic heterocycles. The molecule has 0 radical (unpaired) electrons. The average Bonchev–Trinajstić information content (AvgIpc) is 3.18. The van der Waals surface area contributed by atoms with Gasteiger partial charge in [-0.25, -0.2) is 0 Å². The highest BCUT2D eigenvalue weighted by Crippen LogP contribution is 2.41. The minimum absolute atomic E-state index is 0.0149. The van der Waals surface area contributed by atoms with Gasteiger partial charge in [0.25, 0.3) is 8.32 Å². The zero-order valence-corrected chi connectivity index (χ0v) is 32.9. The molecule has 5 aromatic rings. The first-order valence-electron chi connectivity index (χ1n) is 19.1. The third-order valence-corrected chi connectivity index (χ3v) is 15.4. The number of hydrogen-bond acceptors (Lipinski definition) is 3. The van der Waals surface area contributed by atoms with Gasteiger partial charge < -0.3 is 13.9 Å². The van der Waals surface area contributed by atoms with E-state index in [0.717, 1.165) is 55.2 Å². The Morgan fingerprint density at radius 3 is 1.40 bits per heavy atom. The van der Waals surface area contributed by atoms with E-state index >= 15 is 0 Å². The molecule has 0 spiro atoms. The van der Waals surface area contributed by atoms with Gasteiger partial charge in [-0.1, -0.05) is 185 Å². The third kappa shape index (κ3) is 9.48. The Kier molecular flexibility index (Phi) is 14.4. The van der Waals surface area contributed by atoms with Crippen molar-refractivity contribution in [2.24, 2.45) is 0 Å². The van der Waals surface area contributed by atoms with Crippen LogP contribution in [0.4, 0.5) is 0 Å². The summed E-state index contributed by atoms with van der Waals surface area (Å²) < 4.78 is 20.2. The molecule has 3 nitrogen and oxygen atoms in total. The zero-order chi connectivity index (χ0) is 36.7. The van der Waals surface area contributed by atoms with Crippen LogP contribution in [-0.4, -0.2) is 34.2 Å². The number of allylic oxidation sites excluding steroid dienone is 2. The second-order valence-corrected chi connectivity index (χ2v) is 19.1. The van der Waals surface area contributed by atoms with Crippen LogP contribution in [0.1, 0.15) is 82.9 Å². The molecule has 0 N–H and O–H groups in total. The third-order valence-electron chi connectivity index (χ3n) is 10.2. The van der Waals surface area contributed by atoms with Crippen LogP contribution in [0.15, 0.2) is 164 Å². The molecule has 0 aliphatic carbocycles. The van der Waals surface area contributed by atoms with Crippen LogP contribution in [0, 0.1) is 0 Å². The Morgan fingerprint density at radius 1 is 0.558 bits per heavy atom. The van der Waals surface area contributed by atoms with E-state index in [1.165, 1.54) is 10.4 Å². The largest absolute Gasteiger partial charge is 0.405 e. The molecular weight excluding hydrogens is 653 g/mol. The molecular formula is C48H58O3Si. The quantitative estimate of drug-likeness (QED) is 0.0370. The van der Waals surface area contributed by atoms with Crippen molar-refractivity contribution in [2.45, 2.75) is 89.1 Å². The SMILES string of the molecule is CO[C@@H](CC/C=C/CCC[C@@H](C)O[Si](c1ccccc1)(c1ccccc1)C(C)(C)C)CCOC(c1ccccc1)(c1ccccc1)c1ccccc1. The van der Waals surface area contributed by atoms with E-state index in [9.17, 15) is 0 Å². The highest BCUT2D eigenvalue weighted by molar-refractivity contribution is 6.99. The van der Waals surface area contributed by atoms with Gasteiger partial charge in [-0.05, 0) is 77.6 Å². The lowest BCUT2D eigenvalue weighted by molar-refractivity contribution is -0.0143. The number of rotatable bonds is 19. The maximum atomic E-state index is 7.28. The first kappa shape index (κ1) is 39.2. The highest BCUT2D eigenvalue weighted by atomic mass is 28.4. The Hall–Kier alpha value is -4.06. The van der Waals surface area contributed by atoms with Gasteiger partial charge in [0.05, 0.1) is 12.7 Å². The smallest absolute Gasteiger partial charge is 0.261 e. The molecule has 0 aliphatic rings. The van der Waals surface area contributed by atoms with Gasteiger partial charge in [-0.15, -0.1) is 0 Å². The van der Waals surface area contributed by atoms with Crippen molar-refractivity contribution in [1.82, 2.24) is 0 Å². The average molecular weight is 711 g/mol. The summed E-state index contributed by atoms with van der Waals surface area (Å²) in [5, 5.41) is 2.66. The van der Waals surface area contributed by atoms with E-state index in [1.54, 1.807) is 0 Å². The lowest BCUT2D eigenvalue weighted by Gasteiger charge is -2.44. The molecule has 0 saturated heterocycles. The van der Waals surface area contributed by atoms with Gasteiger partial charge >= 0.3 is 0 Å². The molecule has 2 atom stereocenters. The summed E-state index contributed by atoms with van der Waals surface area (Å²) in [4.78, 5) is 0. The van der Waals surface area contributed by atoms with Crippen LogP contribution in [0.2, 0.25) is 5.04 Å². The first-order chi connectivity index (χ1) is 25.3. The summed E-state index contributed by atoms with van der Waals surface area (Å²) in [6.07, 6.45) is 10.9. The minimum Gasteiger partial charge on any atom is -0.405 e. The number of methoxy groups -OCH3 is 1. The lowest BCUT2D eigenvalue weighted by atomic mass is 9.80. The first-order valence-corrected chi connectivity index (χ1v) is 21.0. The predicted octanol–water partition coefficient (Wildman–Crippen LogP) is 10.9. The molecule has 5 rings (SSSR count). The van der Waals surface area contributed by atoms with Crippen molar-refractivity contribution in [2.75, 3.05) is 13.7 Å². The van der Waals surface area contributed by atoms with Crippen molar-refractivity contribution in [1.29, 1.82) is 0 Å². The molecule has 5 aromatic carbocycles. The fraction of sp³-hybridized carbons (Fsp3) is 0.333. The van der Waals surface area contributed by atoms with Crippen molar-refractivity contribution < 1.29 is 13.9 Å². The van der Waals surface area contributed by atoms with E-state index < -0.39 is 13.9 Å². The fourth-order valence-electron chi connectivity index (χ4n) is 7.59. The van der Waals surface area contributed by atoms with Gasteiger partial charge in [0.15, 0.2) is 0 Å². The lowest BCUT2D eigenvalue weighted by Crippen LogP contribution is -2.67. The van der Waals surface area contributed by atoms with Crippen LogP contribution in [0.5, 0.6) is 0 Å². The van der Waals surface area contributed by atoms with Gasteiger partial charge in [0, 0.05) is 13.2 Å². The summed E-state index contributed by atoms with van der Waals surface area (Å²) >= 11 is 0. The fourth-order valence-corrected chi connectivity index (χ4v) is 12.3. The number of benzene rings is 5. The van der Waals surface area contributed by atoms with E-state index in [-0.39, 0.29) is 17.2 Å². The standard InChI is InChI=1S/C48H58O3Si/c1-40(51-52(47(2,3)4,45-34-22-12-23-35-45)46-36-24-13-25-37-46)26-14-7-6-8-21-33-44(49-5)38-39-50-48(41-27-15-9-16-28-41,42-29-17-10-18-30-42)43-31-19-11-20-32-43/h6,8-13,15-20,22-25,27-32,34-37,40,44H,7,14,21,26,33,38-39H2,1-5H3/b8-6+/t40-,44+/m1/s1. The van der Waals surface area contributed by atoms with Crippen molar-refractivity contribution in [3.63, 3.8) is 0 Å². The van der Waals surface area contributed by atoms with Gasteiger partial charge in [-0.3, -0.25) is 0 Å². The molecule has 0 heterocycles. The van der Waals surface area contributed by atoms with Crippen molar-refractivity contribution in [3.8, 4) is 0 Å². The van der Waals surface area contributed by atoms with Crippen LogP contribution < -0.4 is 10.4 Å². The normalized spacial score (nSPS) is 13.6. The maximum Gasteiger partial charge on any atom is 0.261 e. The Balaban J connectivity index is 1.15. The van der Waals surface area contributed by atoms with Crippen LogP contribution in [0.3, 0.4) is 0 Å². The Bertz CT molecular complexity index is 1600. The Morgan fingerprint density at radius 2 is 0.981 bits per heavy atom. The summed E-state index contributed by atoms with van der Waals surface area (Å²) in [6, 6.07) is 53.6. The van der Waals surface area contributed by atoms with Gasteiger partial charge in [0.2, 0.25) is 0 Å². The molecule has 52 heavy (non-hydrogen) atoms. The number of hydrogen-bond donors (Lipinski definition) is 0. The number of ether oxygens (including phenoxy) is 2. The second kappa shape index (κ2) is 19.1. The van der Waals surface area contributed by atoms with E-state index in [4.69, 9.17) is 13.9 Å². The summed E-state index contributed by atoms with van der Waals surface area (Å²) in [6.45, 7) is 9.88. The topological polar surface area (TPSA) is 27.7 Å². The molecule has 0 aliphatic heterocycles. The second-order valence-electron chi connectivity index (χ2n) is 14.8. The summed E-state index contributed by atoms with van der Waals surface area (Å²) in [5.74, 6) is 0. The molecule has 0 fully saturated rings. The van der Waals surface area contributed by atoms with Crippen LogP contribution in [-0.2, 0) is 19.5 Å². The monoisotopic (exact) mass is 710 g/mol. The Labute approximate surface area is 314 Å². The molecule has 0 amide bonds. The van der Waals surface area contributed by atoms with E-state index in [1.807, 2.05) is 7.11 Å². The molecule has 0 bridgehead atoms.